The highest BCUT2D eigenvalue weighted by Gasteiger charge is 2.37. The first-order valence-corrected chi connectivity index (χ1v) is 8.46. The molecule has 0 radical (unpaired) electrons. The minimum atomic E-state index is -3.96. The quantitative estimate of drug-likeness (QED) is 0.925. The van der Waals surface area contributed by atoms with Crippen molar-refractivity contribution in [1.29, 1.82) is 0 Å². The Morgan fingerprint density at radius 1 is 1.33 bits per heavy atom. The molecule has 118 valence electrons. The van der Waals surface area contributed by atoms with Gasteiger partial charge in [0.15, 0.2) is 0 Å². The SMILES string of the molecule is CNC(C)C1CCCCN1S(=O)(=O)c1ccc(F)cc1F. The maximum atomic E-state index is 13.8. The van der Waals surface area contributed by atoms with E-state index in [9.17, 15) is 17.2 Å². The monoisotopic (exact) mass is 318 g/mol. The predicted octanol–water partition coefficient (Wildman–Crippen LogP) is 2.12. The van der Waals surface area contributed by atoms with E-state index in [2.05, 4.69) is 5.32 Å². The lowest BCUT2D eigenvalue weighted by molar-refractivity contribution is 0.213. The highest BCUT2D eigenvalue weighted by atomic mass is 32.2. The maximum Gasteiger partial charge on any atom is 0.246 e. The standard InChI is InChI=1S/C14H20F2N2O2S/c1-10(17-2)13-5-3-4-8-18(13)21(19,20)14-7-6-11(15)9-12(14)16/h6-7,9-10,13,17H,3-5,8H2,1-2H3. The number of rotatable bonds is 4. The Kier molecular flexibility index (Phi) is 4.95. The molecule has 0 spiro atoms. The van der Waals surface area contributed by atoms with E-state index in [1.54, 1.807) is 7.05 Å². The van der Waals surface area contributed by atoms with Crippen molar-refractivity contribution in [2.75, 3.05) is 13.6 Å². The van der Waals surface area contributed by atoms with Crippen LogP contribution in [0.1, 0.15) is 26.2 Å². The van der Waals surface area contributed by atoms with Gasteiger partial charge in [-0.1, -0.05) is 6.42 Å². The van der Waals surface area contributed by atoms with Crippen molar-refractivity contribution in [1.82, 2.24) is 9.62 Å². The highest BCUT2D eigenvalue weighted by Crippen LogP contribution is 2.28. The van der Waals surface area contributed by atoms with E-state index >= 15 is 0 Å². The number of hydrogen-bond donors (Lipinski definition) is 1. The van der Waals surface area contributed by atoms with Gasteiger partial charge in [0.2, 0.25) is 10.0 Å². The van der Waals surface area contributed by atoms with E-state index in [1.807, 2.05) is 6.92 Å². The van der Waals surface area contributed by atoms with E-state index in [0.29, 0.717) is 12.6 Å². The van der Waals surface area contributed by atoms with Gasteiger partial charge < -0.3 is 5.32 Å². The van der Waals surface area contributed by atoms with Gasteiger partial charge in [-0.3, -0.25) is 0 Å². The van der Waals surface area contributed by atoms with Crippen LogP contribution in [0.2, 0.25) is 0 Å². The van der Waals surface area contributed by atoms with Crippen molar-refractivity contribution in [3.63, 3.8) is 0 Å². The smallest absolute Gasteiger partial charge is 0.246 e. The molecule has 1 N–H and O–H groups in total. The third-order valence-corrected chi connectivity index (χ3v) is 5.97. The molecule has 4 nitrogen and oxygen atoms in total. The van der Waals surface area contributed by atoms with Gasteiger partial charge in [0.1, 0.15) is 16.5 Å². The number of benzene rings is 1. The molecule has 1 aromatic carbocycles. The van der Waals surface area contributed by atoms with Crippen LogP contribution in [0.25, 0.3) is 0 Å². The molecule has 2 unspecified atom stereocenters. The second-order valence-electron chi connectivity index (χ2n) is 5.33. The van der Waals surface area contributed by atoms with Crippen LogP contribution < -0.4 is 5.32 Å². The zero-order chi connectivity index (χ0) is 15.6. The number of halogens is 2. The van der Waals surface area contributed by atoms with Gasteiger partial charge >= 0.3 is 0 Å². The molecule has 1 aliphatic heterocycles. The molecule has 1 heterocycles. The first-order chi connectivity index (χ1) is 9.87. The molecule has 0 saturated carbocycles. The van der Waals surface area contributed by atoms with Crippen molar-refractivity contribution in [2.45, 2.75) is 43.2 Å². The summed E-state index contributed by atoms with van der Waals surface area (Å²) in [7, 11) is -2.20. The summed E-state index contributed by atoms with van der Waals surface area (Å²) in [5, 5.41) is 3.05. The average molecular weight is 318 g/mol. The normalized spacial score (nSPS) is 22.2. The Hall–Kier alpha value is -1.05. The third kappa shape index (κ3) is 3.25. The van der Waals surface area contributed by atoms with Gasteiger partial charge in [-0.25, -0.2) is 17.2 Å². The molecule has 0 aromatic heterocycles. The lowest BCUT2D eigenvalue weighted by Crippen LogP contribution is -2.52. The van der Waals surface area contributed by atoms with Gasteiger partial charge in [0, 0.05) is 24.7 Å². The predicted molar refractivity (Wildman–Crippen MR) is 76.4 cm³/mol. The van der Waals surface area contributed by atoms with E-state index in [-0.39, 0.29) is 12.1 Å². The Labute approximate surface area is 124 Å². The first-order valence-electron chi connectivity index (χ1n) is 7.02. The second kappa shape index (κ2) is 6.37. The molecule has 0 aliphatic carbocycles. The number of sulfonamides is 1. The molecule has 2 atom stereocenters. The summed E-state index contributed by atoms with van der Waals surface area (Å²) >= 11 is 0. The van der Waals surface area contributed by atoms with Crippen molar-refractivity contribution in [3.8, 4) is 0 Å². The summed E-state index contributed by atoms with van der Waals surface area (Å²) in [6.45, 7) is 2.26. The fourth-order valence-electron chi connectivity index (χ4n) is 2.73. The van der Waals surface area contributed by atoms with Crippen molar-refractivity contribution in [2.24, 2.45) is 0 Å². The number of nitrogens with zero attached hydrogens (tertiary/aromatic N) is 1. The molecule has 0 amide bonds. The summed E-state index contributed by atoms with van der Waals surface area (Å²) in [6, 6.07) is 2.31. The summed E-state index contributed by atoms with van der Waals surface area (Å²) in [5.41, 5.74) is 0. The summed E-state index contributed by atoms with van der Waals surface area (Å²) in [4.78, 5) is -0.459. The maximum absolute atomic E-state index is 13.8. The van der Waals surface area contributed by atoms with Crippen LogP contribution in [0.15, 0.2) is 23.1 Å². The van der Waals surface area contributed by atoms with Gasteiger partial charge in [-0.15, -0.1) is 0 Å². The fourth-order valence-corrected chi connectivity index (χ4v) is 4.54. The molecule has 21 heavy (non-hydrogen) atoms. The van der Waals surface area contributed by atoms with E-state index < -0.39 is 26.6 Å². The summed E-state index contributed by atoms with van der Waals surface area (Å²) in [6.07, 6.45) is 2.41. The molecule has 1 aromatic rings. The Morgan fingerprint density at radius 3 is 2.67 bits per heavy atom. The second-order valence-corrected chi connectivity index (χ2v) is 7.19. The summed E-state index contributed by atoms with van der Waals surface area (Å²) in [5.74, 6) is -1.83. The zero-order valence-electron chi connectivity index (χ0n) is 12.1. The average Bonchev–Trinajstić information content (AvgIpc) is 2.46. The van der Waals surface area contributed by atoms with Crippen LogP contribution in [-0.4, -0.2) is 38.4 Å². The van der Waals surface area contributed by atoms with E-state index in [4.69, 9.17) is 0 Å². The number of hydrogen-bond acceptors (Lipinski definition) is 3. The number of nitrogens with one attached hydrogen (secondary N) is 1. The molecule has 1 aliphatic rings. The minimum absolute atomic E-state index is 0.0383. The summed E-state index contributed by atoms with van der Waals surface area (Å²) < 4.78 is 53.5. The Morgan fingerprint density at radius 2 is 2.05 bits per heavy atom. The zero-order valence-corrected chi connectivity index (χ0v) is 13.0. The molecule has 1 fully saturated rings. The highest BCUT2D eigenvalue weighted by molar-refractivity contribution is 7.89. The van der Waals surface area contributed by atoms with E-state index in [1.165, 1.54) is 4.31 Å². The van der Waals surface area contributed by atoms with E-state index in [0.717, 1.165) is 31.4 Å². The molecular weight excluding hydrogens is 298 g/mol. The lowest BCUT2D eigenvalue weighted by Gasteiger charge is -2.38. The Bertz CT molecular complexity index is 607. The molecule has 2 rings (SSSR count). The number of likely N-dealkylation sites (N-methyl/N-ethyl adjacent to an activating group) is 1. The van der Waals surface area contributed by atoms with Crippen LogP contribution in [0.4, 0.5) is 8.78 Å². The largest absolute Gasteiger partial charge is 0.316 e. The molecule has 7 heteroatoms. The van der Waals surface area contributed by atoms with Crippen LogP contribution in [0, 0.1) is 11.6 Å². The molecule has 1 saturated heterocycles. The third-order valence-electron chi connectivity index (χ3n) is 4.01. The fraction of sp³-hybridized carbons (Fsp3) is 0.571. The Balaban J connectivity index is 2.40. The van der Waals surface area contributed by atoms with Crippen LogP contribution in [0.5, 0.6) is 0 Å². The van der Waals surface area contributed by atoms with Gasteiger partial charge in [-0.2, -0.15) is 4.31 Å². The molecule has 0 bridgehead atoms. The minimum Gasteiger partial charge on any atom is -0.316 e. The van der Waals surface area contributed by atoms with Crippen LogP contribution in [0.3, 0.4) is 0 Å². The van der Waals surface area contributed by atoms with Crippen molar-refractivity contribution < 1.29 is 17.2 Å². The van der Waals surface area contributed by atoms with Gasteiger partial charge in [0.25, 0.3) is 0 Å². The first kappa shape index (κ1) is 16.3. The van der Waals surface area contributed by atoms with Crippen LogP contribution in [-0.2, 0) is 10.0 Å². The van der Waals surface area contributed by atoms with Gasteiger partial charge in [-0.05, 0) is 38.9 Å². The van der Waals surface area contributed by atoms with Crippen molar-refractivity contribution >= 4 is 10.0 Å². The lowest BCUT2D eigenvalue weighted by atomic mass is 9.99. The van der Waals surface area contributed by atoms with Gasteiger partial charge in [0.05, 0.1) is 0 Å². The van der Waals surface area contributed by atoms with Crippen molar-refractivity contribution in [3.05, 3.63) is 29.8 Å². The molecular formula is C14H20F2N2O2S. The number of piperidine rings is 1. The van der Waals surface area contributed by atoms with Crippen LogP contribution >= 0.6 is 0 Å². The topological polar surface area (TPSA) is 49.4 Å².